The third-order valence-electron chi connectivity index (χ3n) is 2.98. The van der Waals surface area contributed by atoms with Gasteiger partial charge >= 0.3 is 0 Å². The Hall–Kier alpha value is -1.69. The van der Waals surface area contributed by atoms with E-state index in [1.807, 2.05) is 6.26 Å². The van der Waals surface area contributed by atoms with E-state index in [1.165, 1.54) is 17.8 Å². The summed E-state index contributed by atoms with van der Waals surface area (Å²) in [6.45, 7) is 0. The first-order valence-electron chi connectivity index (χ1n) is 6.28. The minimum Gasteiger partial charge on any atom is -0.431 e. The van der Waals surface area contributed by atoms with Crippen LogP contribution >= 0.6 is 35.0 Å². The van der Waals surface area contributed by atoms with Crippen molar-refractivity contribution in [3.8, 4) is 0 Å². The number of hydrogen-bond donors (Lipinski definition) is 1. The van der Waals surface area contributed by atoms with Crippen molar-refractivity contribution in [3.63, 3.8) is 0 Å². The molecule has 112 valence electrons. The van der Waals surface area contributed by atoms with Gasteiger partial charge in [-0.1, -0.05) is 35.0 Å². The number of benzene rings is 2. The predicted molar refractivity (Wildman–Crippen MR) is 90.2 cm³/mol. The largest absolute Gasteiger partial charge is 0.431 e. The Balaban J connectivity index is 1.87. The number of oxazole rings is 1. The van der Waals surface area contributed by atoms with Crippen molar-refractivity contribution in [2.24, 2.45) is 0 Å². The van der Waals surface area contributed by atoms with Crippen LogP contribution in [-0.4, -0.2) is 17.1 Å². The van der Waals surface area contributed by atoms with Crippen LogP contribution in [0.15, 0.2) is 46.0 Å². The molecule has 1 heterocycles. The lowest BCUT2D eigenvalue weighted by molar-refractivity contribution is 0.102. The van der Waals surface area contributed by atoms with E-state index in [2.05, 4.69) is 10.3 Å². The number of carbonyl (C=O) groups is 1. The van der Waals surface area contributed by atoms with Gasteiger partial charge in [0.2, 0.25) is 0 Å². The van der Waals surface area contributed by atoms with Gasteiger partial charge in [0.25, 0.3) is 11.1 Å². The monoisotopic (exact) mass is 352 g/mol. The van der Waals surface area contributed by atoms with Crippen LogP contribution in [0.5, 0.6) is 0 Å². The number of thioether (sulfide) groups is 1. The van der Waals surface area contributed by atoms with Crippen LogP contribution in [-0.2, 0) is 0 Å². The summed E-state index contributed by atoms with van der Waals surface area (Å²) in [4.78, 5) is 16.5. The number of nitrogens with zero attached hydrogens (tertiary/aromatic N) is 1. The van der Waals surface area contributed by atoms with Crippen LogP contribution in [0.2, 0.25) is 10.0 Å². The molecule has 7 heteroatoms. The van der Waals surface area contributed by atoms with E-state index in [0.29, 0.717) is 32.1 Å². The third kappa shape index (κ3) is 3.06. The van der Waals surface area contributed by atoms with Gasteiger partial charge < -0.3 is 9.73 Å². The molecule has 0 bridgehead atoms. The van der Waals surface area contributed by atoms with E-state index in [4.69, 9.17) is 27.6 Å². The molecule has 0 radical (unpaired) electrons. The minimum atomic E-state index is -0.314. The normalized spacial score (nSPS) is 10.9. The summed E-state index contributed by atoms with van der Waals surface area (Å²) in [5, 5.41) is 4.14. The number of amides is 1. The molecule has 2 aromatic carbocycles. The maximum absolute atomic E-state index is 12.3. The summed E-state index contributed by atoms with van der Waals surface area (Å²) in [7, 11) is 0. The van der Waals surface area contributed by atoms with Crippen LogP contribution in [0, 0.1) is 0 Å². The molecule has 3 aromatic rings. The Morgan fingerprint density at radius 2 is 2.05 bits per heavy atom. The first-order chi connectivity index (χ1) is 10.6. The fourth-order valence-electron chi connectivity index (χ4n) is 1.94. The molecule has 0 aliphatic carbocycles. The maximum atomic E-state index is 12.3. The SMILES string of the molecule is CSc1nc2ccc(NC(=O)c3ccc(Cl)cc3Cl)cc2o1. The average Bonchev–Trinajstić information content (AvgIpc) is 2.89. The first-order valence-corrected chi connectivity index (χ1v) is 8.26. The number of anilines is 1. The van der Waals surface area contributed by atoms with E-state index < -0.39 is 0 Å². The molecule has 0 saturated carbocycles. The molecule has 0 spiro atoms. The van der Waals surface area contributed by atoms with Crippen LogP contribution in [0.25, 0.3) is 11.1 Å². The Bertz CT molecular complexity index is 864. The van der Waals surface area contributed by atoms with Gasteiger partial charge in [-0.05, 0) is 36.6 Å². The zero-order valence-electron chi connectivity index (χ0n) is 11.4. The lowest BCUT2D eigenvalue weighted by atomic mass is 10.2. The molecule has 0 fully saturated rings. The van der Waals surface area contributed by atoms with E-state index in [-0.39, 0.29) is 5.91 Å². The Morgan fingerprint density at radius 1 is 1.23 bits per heavy atom. The van der Waals surface area contributed by atoms with Crippen molar-refractivity contribution >= 4 is 57.7 Å². The fourth-order valence-corrected chi connectivity index (χ4v) is 2.80. The van der Waals surface area contributed by atoms with E-state index in [9.17, 15) is 4.79 Å². The molecular weight excluding hydrogens is 343 g/mol. The summed E-state index contributed by atoms with van der Waals surface area (Å²) in [5.74, 6) is -0.314. The lowest BCUT2D eigenvalue weighted by Crippen LogP contribution is -2.12. The highest BCUT2D eigenvalue weighted by atomic mass is 35.5. The van der Waals surface area contributed by atoms with Gasteiger partial charge in [0.1, 0.15) is 5.52 Å². The molecule has 1 N–H and O–H groups in total. The van der Waals surface area contributed by atoms with Gasteiger partial charge in [-0.25, -0.2) is 4.98 Å². The molecule has 1 aromatic heterocycles. The third-order valence-corrected chi connectivity index (χ3v) is 4.05. The number of carbonyl (C=O) groups excluding carboxylic acids is 1. The Labute approximate surface area is 140 Å². The molecule has 1 amide bonds. The van der Waals surface area contributed by atoms with E-state index in [0.717, 1.165) is 5.52 Å². The van der Waals surface area contributed by atoms with Crippen molar-refractivity contribution in [1.82, 2.24) is 4.98 Å². The highest BCUT2D eigenvalue weighted by Crippen LogP contribution is 2.26. The molecule has 0 aliphatic rings. The van der Waals surface area contributed by atoms with Crippen LogP contribution in [0.1, 0.15) is 10.4 Å². The summed E-state index contributed by atoms with van der Waals surface area (Å²) in [6.07, 6.45) is 1.88. The van der Waals surface area contributed by atoms with E-state index >= 15 is 0 Å². The first kappa shape index (κ1) is 15.2. The highest BCUT2D eigenvalue weighted by molar-refractivity contribution is 7.98. The fraction of sp³-hybridized carbons (Fsp3) is 0.0667. The summed E-state index contributed by atoms with van der Waals surface area (Å²) < 4.78 is 5.54. The topological polar surface area (TPSA) is 55.1 Å². The molecule has 3 rings (SSSR count). The predicted octanol–water partition coefficient (Wildman–Crippen LogP) is 5.11. The van der Waals surface area contributed by atoms with Crippen LogP contribution < -0.4 is 5.32 Å². The standard InChI is InChI=1S/C15H10Cl2N2O2S/c1-22-15-19-12-5-3-9(7-13(12)21-15)18-14(20)10-4-2-8(16)6-11(10)17/h2-7H,1H3,(H,18,20). The van der Waals surface area contributed by atoms with Crippen LogP contribution in [0.4, 0.5) is 5.69 Å². The second-order valence-electron chi connectivity index (χ2n) is 4.44. The van der Waals surface area contributed by atoms with E-state index in [1.54, 1.807) is 30.3 Å². The second-order valence-corrected chi connectivity index (χ2v) is 6.05. The number of hydrogen-bond acceptors (Lipinski definition) is 4. The number of fused-ring (bicyclic) bond motifs is 1. The summed E-state index contributed by atoms with van der Waals surface area (Å²) in [5.41, 5.74) is 2.32. The minimum absolute atomic E-state index is 0.301. The zero-order valence-corrected chi connectivity index (χ0v) is 13.7. The van der Waals surface area contributed by atoms with Crippen molar-refractivity contribution in [1.29, 1.82) is 0 Å². The lowest BCUT2D eigenvalue weighted by Gasteiger charge is -2.06. The van der Waals surface area contributed by atoms with Crippen molar-refractivity contribution < 1.29 is 9.21 Å². The molecule has 0 unspecified atom stereocenters. The quantitative estimate of drug-likeness (QED) is 0.665. The summed E-state index contributed by atoms with van der Waals surface area (Å²) in [6, 6.07) is 10.0. The van der Waals surface area contributed by atoms with Gasteiger partial charge in [-0.3, -0.25) is 4.79 Å². The average molecular weight is 353 g/mol. The highest BCUT2D eigenvalue weighted by Gasteiger charge is 2.12. The van der Waals surface area contributed by atoms with Gasteiger partial charge in [0, 0.05) is 16.8 Å². The summed E-state index contributed by atoms with van der Waals surface area (Å²) >= 11 is 13.3. The Kier molecular flexibility index (Phi) is 4.29. The molecule has 22 heavy (non-hydrogen) atoms. The van der Waals surface area contributed by atoms with Gasteiger partial charge in [0.05, 0.1) is 10.6 Å². The number of rotatable bonds is 3. The molecule has 0 atom stereocenters. The van der Waals surface area contributed by atoms with Crippen molar-refractivity contribution in [2.75, 3.05) is 11.6 Å². The zero-order chi connectivity index (χ0) is 15.7. The maximum Gasteiger partial charge on any atom is 0.257 e. The number of aromatic nitrogens is 1. The van der Waals surface area contributed by atoms with Gasteiger partial charge in [-0.15, -0.1) is 0 Å². The molecule has 0 saturated heterocycles. The van der Waals surface area contributed by atoms with Gasteiger partial charge in [-0.2, -0.15) is 0 Å². The molecule has 4 nitrogen and oxygen atoms in total. The van der Waals surface area contributed by atoms with Crippen molar-refractivity contribution in [3.05, 3.63) is 52.0 Å². The molecule has 0 aliphatic heterocycles. The second kappa shape index (κ2) is 6.20. The van der Waals surface area contributed by atoms with Crippen LogP contribution in [0.3, 0.4) is 0 Å². The van der Waals surface area contributed by atoms with Gasteiger partial charge in [0.15, 0.2) is 5.58 Å². The smallest absolute Gasteiger partial charge is 0.257 e. The molecular formula is C15H10Cl2N2O2S. The Morgan fingerprint density at radius 3 is 2.77 bits per heavy atom. The van der Waals surface area contributed by atoms with Crippen molar-refractivity contribution in [2.45, 2.75) is 5.22 Å². The number of nitrogens with one attached hydrogen (secondary N) is 1. The number of halogens is 2.